The molecule has 6 heteroatoms. The number of benzene rings is 1. The molecule has 0 spiro atoms. The average molecular weight is 371 g/mol. The summed E-state index contributed by atoms with van der Waals surface area (Å²) in [4.78, 5) is 31.4. The second kappa shape index (κ2) is 6.92. The summed E-state index contributed by atoms with van der Waals surface area (Å²) in [5, 5.41) is 11.0. The van der Waals surface area contributed by atoms with Crippen molar-refractivity contribution in [2.24, 2.45) is 5.92 Å². The highest BCUT2D eigenvalue weighted by atomic mass is 35.5. The van der Waals surface area contributed by atoms with Gasteiger partial charge in [-0.15, -0.1) is 0 Å². The van der Waals surface area contributed by atoms with E-state index in [0.717, 1.165) is 0 Å². The van der Waals surface area contributed by atoms with E-state index in [-0.39, 0.29) is 17.3 Å². The van der Waals surface area contributed by atoms with Crippen molar-refractivity contribution in [1.29, 1.82) is 0 Å². The predicted octanol–water partition coefficient (Wildman–Crippen LogP) is 4.17. The molecule has 0 saturated carbocycles. The molecule has 1 aliphatic rings. The third-order valence-corrected chi connectivity index (χ3v) is 4.87. The van der Waals surface area contributed by atoms with Crippen LogP contribution in [-0.2, 0) is 9.59 Å². The number of aromatic nitrogens is 1. The number of aliphatic hydroxyl groups is 1. The number of aliphatic hydroxyl groups excluding tert-OH is 1. The van der Waals surface area contributed by atoms with Gasteiger partial charge in [-0.05, 0) is 36.8 Å². The van der Waals surface area contributed by atoms with Crippen molar-refractivity contribution in [3.8, 4) is 0 Å². The van der Waals surface area contributed by atoms with E-state index in [1.54, 1.807) is 63.4 Å². The number of Topliss-reactive ketones (excluding diaryl/α,β-unsaturated/α-hetero) is 1. The van der Waals surface area contributed by atoms with Crippen LogP contribution in [0.4, 0.5) is 5.69 Å². The Bertz CT molecular complexity index is 907. The topological polar surface area (TPSA) is 70.5 Å². The summed E-state index contributed by atoms with van der Waals surface area (Å²) in [5.74, 6) is -1.81. The zero-order chi connectivity index (χ0) is 19.0. The summed E-state index contributed by atoms with van der Waals surface area (Å²) >= 11 is 6.22. The van der Waals surface area contributed by atoms with E-state index < -0.39 is 17.7 Å². The number of pyridine rings is 1. The number of anilines is 1. The van der Waals surface area contributed by atoms with E-state index in [9.17, 15) is 14.7 Å². The second-order valence-electron chi connectivity index (χ2n) is 6.50. The molecule has 1 unspecified atom stereocenters. The van der Waals surface area contributed by atoms with Gasteiger partial charge in [-0.1, -0.05) is 37.6 Å². The van der Waals surface area contributed by atoms with Crippen LogP contribution in [0.15, 0.2) is 53.9 Å². The van der Waals surface area contributed by atoms with Crippen molar-refractivity contribution in [3.05, 3.63) is 70.2 Å². The van der Waals surface area contributed by atoms with Gasteiger partial charge in [0.25, 0.3) is 5.91 Å². The van der Waals surface area contributed by atoms with Gasteiger partial charge in [-0.2, -0.15) is 0 Å². The van der Waals surface area contributed by atoms with Crippen LogP contribution in [0.25, 0.3) is 0 Å². The summed E-state index contributed by atoms with van der Waals surface area (Å²) < 4.78 is 0. The molecule has 1 aliphatic heterocycles. The minimum Gasteiger partial charge on any atom is -0.503 e. The molecule has 1 aromatic carbocycles. The number of carbonyl (C=O) groups excluding carboxylic acids is 2. The number of nitrogens with zero attached hydrogens (tertiary/aromatic N) is 2. The Labute approximate surface area is 156 Å². The van der Waals surface area contributed by atoms with Gasteiger partial charge < -0.3 is 5.11 Å². The summed E-state index contributed by atoms with van der Waals surface area (Å²) in [7, 11) is 0. The predicted molar refractivity (Wildman–Crippen MR) is 100 cm³/mol. The summed E-state index contributed by atoms with van der Waals surface area (Å²) in [6.45, 7) is 5.26. The molecule has 0 radical (unpaired) electrons. The minimum atomic E-state index is -0.796. The molecule has 1 aromatic heterocycles. The molecule has 0 saturated heterocycles. The fourth-order valence-electron chi connectivity index (χ4n) is 3.09. The molecule has 0 fully saturated rings. The molecule has 0 aliphatic carbocycles. The van der Waals surface area contributed by atoms with Gasteiger partial charge in [0.1, 0.15) is 6.04 Å². The number of hydrogen-bond donors (Lipinski definition) is 1. The maximum Gasteiger partial charge on any atom is 0.294 e. The third kappa shape index (κ3) is 2.88. The van der Waals surface area contributed by atoms with E-state index in [1.807, 2.05) is 0 Å². The van der Waals surface area contributed by atoms with E-state index in [0.29, 0.717) is 22.0 Å². The first-order valence-corrected chi connectivity index (χ1v) is 8.69. The van der Waals surface area contributed by atoms with Gasteiger partial charge in [0.2, 0.25) is 0 Å². The van der Waals surface area contributed by atoms with Crippen molar-refractivity contribution in [1.82, 2.24) is 4.98 Å². The largest absolute Gasteiger partial charge is 0.503 e. The third-order valence-electron chi connectivity index (χ3n) is 4.46. The highest BCUT2D eigenvalue weighted by Crippen LogP contribution is 2.43. The van der Waals surface area contributed by atoms with Crippen LogP contribution < -0.4 is 4.90 Å². The Hall–Kier alpha value is -2.66. The van der Waals surface area contributed by atoms with E-state index in [2.05, 4.69) is 4.98 Å². The van der Waals surface area contributed by atoms with E-state index in [1.165, 1.54) is 4.90 Å². The van der Waals surface area contributed by atoms with Gasteiger partial charge in [0.15, 0.2) is 11.5 Å². The molecule has 2 aromatic rings. The Morgan fingerprint density at radius 1 is 1.23 bits per heavy atom. The van der Waals surface area contributed by atoms with Crippen LogP contribution in [0.1, 0.15) is 31.1 Å². The van der Waals surface area contributed by atoms with Gasteiger partial charge in [0, 0.05) is 22.8 Å². The zero-order valence-electron chi connectivity index (χ0n) is 14.7. The van der Waals surface area contributed by atoms with Crippen LogP contribution in [0.3, 0.4) is 0 Å². The normalized spacial score (nSPS) is 17.3. The van der Waals surface area contributed by atoms with E-state index >= 15 is 0 Å². The number of amides is 1. The maximum atomic E-state index is 12.9. The number of rotatable bonds is 4. The number of ketones is 1. The number of carbonyl (C=O) groups is 2. The molecule has 5 nitrogen and oxygen atoms in total. The lowest BCUT2D eigenvalue weighted by atomic mass is 9.93. The van der Waals surface area contributed by atoms with Crippen molar-refractivity contribution in [2.45, 2.75) is 26.8 Å². The lowest BCUT2D eigenvalue weighted by Gasteiger charge is -2.28. The van der Waals surface area contributed by atoms with E-state index in [4.69, 9.17) is 11.6 Å². The molecule has 134 valence electrons. The summed E-state index contributed by atoms with van der Waals surface area (Å²) in [5.41, 5.74) is 1.81. The van der Waals surface area contributed by atoms with Crippen LogP contribution in [-0.4, -0.2) is 21.8 Å². The molecule has 1 atom stereocenters. The fourth-order valence-corrected chi connectivity index (χ4v) is 3.26. The quantitative estimate of drug-likeness (QED) is 0.876. The smallest absolute Gasteiger partial charge is 0.294 e. The second-order valence-corrected chi connectivity index (χ2v) is 6.90. The van der Waals surface area contributed by atoms with Crippen molar-refractivity contribution < 1.29 is 14.7 Å². The first-order chi connectivity index (χ1) is 12.3. The highest BCUT2D eigenvalue weighted by Gasteiger charge is 2.45. The molecule has 3 rings (SSSR count). The summed E-state index contributed by atoms with van der Waals surface area (Å²) in [6, 6.07) is 9.67. The lowest BCUT2D eigenvalue weighted by Crippen LogP contribution is -2.32. The number of hydrogen-bond acceptors (Lipinski definition) is 4. The molecular formula is C20H19ClN2O3. The Morgan fingerprint density at radius 2 is 1.96 bits per heavy atom. The standard InChI is InChI=1S/C20H19ClN2O3/c1-11(2)18(24)16-17(14-8-4-5-10-22-14)23(20(26)19(16)25)15-9-6-7-13(21)12(15)3/h4-11,17,25H,1-3H3. The maximum absolute atomic E-state index is 12.9. The fraction of sp³-hybridized carbons (Fsp3) is 0.250. The van der Waals surface area contributed by atoms with Crippen molar-refractivity contribution in [3.63, 3.8) is 0 Å². The summed E-state index contributed by atoms with van der Waals surface area (Å²) in [6.07, 6.45) is 1.59. The van der Waals surface area contributed by atoms with Gasteiger partial charge >= 0.3 is 0 Å². The number of halogens is 1. The average Bonchev–Trinajstić information content (AvgIpc) is 2.89. The Balaban J connectivity index is 2.23. The molecular weight excluding hydrogens is 352 g/mol. The molecule has 1 N–H and O–H groups in total. The van der Waals surface area contributed by atoms with Crippen LogP contribution in [0, 0.1) is 12.8 Å². The Kier molecular flexibility index (Phi) is 4.83. The van der Waals surface area contributed by atoms with Crippen molar-refractivity contribution >= 4 is 29.0 Å². The van der Waals surface area contributed by atoms with Crippen LogP contribution in [0.5, 0.6) is 0 Å². The first-order valence-electron chi connectivity index (χ1n) is 8.31. The highest BCUT2D eigenvalue weighted by molar-refractivity contribution is 6.32. The van der Waals surface area contributed by atoms with Gasteiger partial charge in [-0.25, -0.2) is 0 Å². The van der Waals surface area contributed by atoms with Crippen molar-refractivity contribution in [2.75, 3.05) is 4.90 Å². The zero-order valence-corrected chi connectivity index (χ0v) is 15.5. The minimum absolute atomic E-state index is 0.0723. The monoisotopic (exact) mass is 370 g/mol. The Morgan fingerprint density at radius 3 is 2.58 bits per heavy atom. The van der Waals surface area contributed by atoms with Crippen LogP contribution in [0.2, 0.25) is 5.02 Å². The van der Waals surface area contributed by atoms with Gasteiger partial charge in [-0.3, -0.25) is 19.5 Å². The molecule has 2 heterocycles. The first kappa shape index (κ1) is 18.1. The van der Waals surface area contributed by atoms with Gasteiger partial charge in [0.05, 0.1) is 11.3 Å². The molecule has 0 bridgehead atoms. The SMILES string of the molecule is Cc1c(Cl)cccc1N1C(=O)C(O)=C(C(=O)C(C)C)C1c1ccccn1. The molecule has 1 amide bonds. The molecule has 26 heavy (non-hydrogen) atoms. The van der Waals surface area contributed by atoms with Crippen LogP contribution >= 0.6 is 11.6 Å². The lowest BCUT2D eigenvalue weighted by molar-refractivity contribution is -0.119.